The van der Waals surface area contributed by atoms with Gasteiger partial charge in [0.05, 0.1) is 6.61 Å². The summed E-state index contributed by atoms with van der Waals surface area (Å²) in [6.45, 7) is 5.04. The van der Waals surface area contributed by atoms with Crippen LogP contribution in [0.2, 0.25) is 0 Å². The Balaban J connectivity index is 2.98. The van der Waals surface area contributed by atoms with E-state index < -0.39 is 0 Å². The molecule has 0 aliphatic heterocycles. The highest BCUT2D eigenvalue weighted by molar-refractivity contribution is 6.01. The van der Waals surface area contributed by atoms with E-state index in [4.69, 9.17) is 15.9 Å². The van der Waals surface area contributed by atoms with Gasteiger partial charge in [0, 0.05) is 6.54 Å². The maximum Gasteiger partial charge on any atom is 0.261 e. The number of amides is 1. The third kappa shape index (κ3) is 6.06. The van der Waals surface area contributed by atoms with Crippen LogP contribution in [-0.2, 0) is 4.79 Å². The molecule has 0 radical (unpaired) electrons. The second kappa shape index (κ2) is 10.7. The summed E-state index contributed by atoms with van der Waals surface area (Å²) in [6.07, 6.45) is 8.56. The van der Waals surface area contributed by atoms with Crippen LogP contribution in [0, 0.1) is 23.7 Å². The number of rotatable bonds is 9. The lowest BCUT2D eigenvalue weighted by molar-refractivity contribution is -0.117. The molecule has 126 valence electrons. The minimum Gasteiger partial charge on any atom is -0.490 e. The molecule has 5 heteroatoms. The molecule has 0 atom stereocenters. The highest BCUT2D eigenvalue weighted by Gasteiger charge is 2.10. The molecular formula is C19H22N2O3. The molecule has 5 nitrogen and oxygen atoms in total. The van der Waals surface area contributed by atoms with Gasteiger partial charge < -0.3 is 14.8 Å². The molecule has 0 saturated carbocycles. The first-order valence-electron chi connectivity index (χ1n) is 7.89. The molecule has 0 heterocycles. The van der Waals surface area contributed by atoms with Gasteiger partial charge in [-0.25, -0.2) is 0 Å². The Bertz CT molecular complexity index is 666. The SMILES string of the molecule is C#CCOc1ccc(/C=C(/C#N)C(=O)NCCCC)cc1OCC. The van der Waals surface area contributed by atoms with Crippen LogP contribution in [0.1, 0.15) is 32.3 Å². The van der Waals surface area contributed by atoms with Crippen molar-refractivity contribution in [3.63, 3.8) is 0 Å². The Hall–Kier alpha value is -2.92. The average Bonchev–Trinajstić information content (AvgIpc) is 2.59. The zero-order valence-electron chi connectivity index (χ0n) is 14.1. The first-order valence-corrected chi connectivity index (χ1v) is 7.89. The monoisotopic (exact) mass is 326 g/mol. The second-order valence-corrected chi connectivity index (χ2v) is 4.91. The van der Waals surface area contributed by atoms with E-state index in [0.29, 0.717) is 30.2 Å². The van der Waals surface area contributed by atoms with Crippen molar-refractivity contribution in [3.05, 3.63) is 29.3 Å². The van der Waals surface area contributed by atoms with Crippen molar-refractivity contribution in [2.45, 2.75) is 26.7 Å². The number of carbonyl (C=O) groups excluding carboxylic acids is 1. The molecule has 0 aliphatic carbocycles. The van der Waals surface area contributed by atoms with E-state index in [2.05, 4.69) is 11.2 Å². The molecule has 0 aromatic heterocycles. The van der Waals surface area contributed by atoms with Crippen molar-refractivity contribution in [3.8, 4) is 29.9 Å². The summed E-state index contributed by atoms with van der Waals surface area (Å²) >= 11 is 0. The zero-order chi connectivity index (χ0) is 17.8. The smallest absolute Gasteiger partial charge is 0.261 e. The van der Waals surface area contributed by atoms with Crippen LogP contribution in [0.4, 0.5) is 0 Å². The molecule has 0 aliphatic rings. The van der Waals surface area contributed by atoms with Crippen LogP contribution in [0.15, 0.2) is 23.8 Å². The molecule has 1 rings (SSSR count). The Morgan fingerprint density at radius 1 is 1.33 bits per heavy atom. The maximum absolute atomic E-state index is 12.0. The van der Waals surface area contributed by atoms with E-state index in [1.807, 2.05) is 19.9 Å². The van der Waals surface area contributed by atoms with Gasteiger partial charge in [0.2, 0.25) is 0 Å². The van der Waals surface area contributed by atoms with E-state index in [0.717, 1.165) is 12.8 Å². The lowest BCUT2D eigenvalue weighted by Gasteiger charge is -2.11. The molecule has 0 bridgehead atoms. The number of hydrogen-bond donors (Lipinski definition) is 1. The molecular weight excluding hydrogens is 304 g/mol. The molecule has 0 spiro atoms. The Kier molecular flexibility index (Phi) is 8.57. The van der Waals surface area contributed by atoms with Crippen molar-refractivity contribution >= 4 is 12.0 Å². The van der Waals surface area contributed by atoms with E-state index >= 15 is 0 Å². The summed E-state index contributed by atoms with van der Waals surface area (Å²) in [5.74, 6) is 3.06. The van der Waals surface area contributed by atoms with Gasteiger partial charge in [0.1, 0.15) is 18.2 Å². The van der Waals surface area contributed by atoms with Crippen LogP contribution in [0.3, 0.4) is 0 Å². The summed E-state index contributed by atoms with van der Waals surface area (Å²) in [7, 11) is 0. The van der Waals surface area contributed by atoms with Crippen molar-refractivity contribution in [2.24, 2.45) is 0 Å². The molecule has 24 heavy (non-hydrogen) atoms. The Morgan fingerprint density at radius 2 is 2.12 bits per heavy atom. The summed E-state index contributed by atoms with van der Waals surface area (Å²) in [4.78, 5) is 12.0. The lowest BCUT2D eigenvalue weighted by atomic mass is 10.1. The number of terminal acetylenes is 1. The van der Waals surface area contributed by atoms with Gasteiger partial charge in [-0.05, 0) is 37.1 Å². The molecule has 1 N–H and O–H groups in total. The highest BCUT2D eigenvalue weighted by atomic mass is 16.5. The molecule has 0 unspecified atom stereocenters. The predicted octanol–water partition coefficient (Wildman–Crippen LogP) is 2.92. The summed E-state index contributed by atoms with van der Waals surface area (Å²) in [6, 6.07) is 7.09. The van der Waals surface area contributed by atoms with Crippen molar-refractivity contribution in [2.75, 3.05) is 19.8 Å². The number of carbonyl (C=O) groups is 1. The number of nitriles is 1. The molecule has 1 aromatic carbocycles. The quantitative estimate of drug-likeness (QED) is 0.328. The van der Waals surface area contributed by atoms with E-state index in [1.54, 1.807) is 18.2 Å². The van der Waals surface area contributed by atoms with Gasteiger partial charge in [-0.2, -0.15) is 5.26 Å². The number of ether oxygens (including phenoxy) is 2. The van der Waals surface area contributed by atoms with Crippen LogP contribution in [0.5, 0.6) is 11.5 Å². The number of hydrogen-bond acceptors (Lipinski definition) is 4. The summed E-state index contributed by atoms with van der Waals surface area (Å²) in [5, 5.41) is 11.9. The molecule has 0 saturated heterocycles. The highest BCUT2D eigenvalue weighted by Crippen LogP contribution is 2.29. The topological polar surface area (TPSA) is 71.3 Å². The summed E-state index contributed by atoms with van der Waals surface area (Å²) in [5.41, 5.74) is 0.722. The first kappa shape index (κ1) is 19.1. The van der Waals surface area contributed by atoms with Gasteiger partial charge in [-0.3, -0.25) is 4.79 Å². The van der Waals surface area contributed by atoms with Gasteiger partial charge >= 0.3 is 0 Å². The number of nitrogens with one attached hydrogen (secondary N) is 1. The fraction of sp³-hybridized carbons (Fsp3) is 0.368. The fourth-order valence-corrected chi connectivity index (χ4v) is 1.91. The standard InChI is InChI=1S/C19H22N2O3/c1-4-7-10-21-19(22)16(14-20)12-15-8-9-17(24-11-5-2)18(13-15)23-6-3/h2,8-9,12-13H,4,6-7,10-11H2,1,3H3,(H,21,22)/b16-12-. The lowest BCUT2D eigenvalue weighted by Crippen LogP contribution is -2.25. The van der Waals surface area contributed by atoms with Gasteiger partial charge in [0.15, 0.2) is 11.5 Å². The van der Waals surface area contributed by atoms with Gasteiger partial charge in [0.25, 0.3) is 5.91 Å². The largest absolute Gasteiger partial charge is 0.490 e. The van der Waals surface area contributed by atoms with Gasteiger partial charge in [-0.15, -0.1) is 6.42 Å². The van der Waals surface area contributed by atoms with E-state index in [9.17, 15) is 10.1 Å². The Morgan fingerprint density at radius 3 is 2.75 bits per heavy atom. The first-order chi connectivity index (χ1) is 11.7. The zero-order valence-corrected chi connectivity index (χ0v) is 14.1. The van der Waals surface area contributed by atoms with Crippen LogP contribution >= 0.6 is 0 Å². The van der Waals surface area contributed by atoms with Crippen molar-refractivity contribution in [1.82, 2.24) is 5.32 Å². The molecule has 1 amide bonds. The summed E-state index contributed by atoms with van der Waals surface area (Å²) < 4.78 is 10.9. The molecule has 1 aromatic rings. The minimum atomic E-state index is -0.378. The minimum absolute atomic E-state index is 0.0471. The van der Waals surface area contributed by atoms with E-state index in [-0.39, 0.29) is 18.1 Å². The van der Waals surface area contributed by atoms with Crippen LogP contribution in [0.25, 0.3) is 6.08 Å². The molecule has 0 fully saturated rings. The van der Waals surface area contributed by atoms with Crippen LogP contribution < -0.4 is 14.8 Å². The predicted molar refractivity (Wildman–Crippen MR) is 93.4 cm³/mol. The fourth-order valence-electron chi connectivity index (χ4n) is 1.91. The maximum atomic E-state index is 12.0. The number of benzene rings is 1. The van der Waals surface area contributed by atoms with Crippen molar-refractivity contribution < 1.29 is 14.3 Å². The number of unbranched alkanes of at least 4 members (excludes halogenated alkanes) is 1. The number of nitrogens with zero attached hydrogens (tertiary/aromatic N) is 1. The van der Waals surface area contributed by atoms with Gasteiger partial charge in [-0.1, -0.05) is 25.3 Å². The third-order valence-electron chi connectivity index (χ3n) is 3.07. The second-order valence-electron chi connectivity index (χ2n) is 4.91. The third-order valence-corrected chi connectivity index (χ3v) is 3.07. The normalized spacial score (nSPS) is 10.4. The van der Waals surface area contributed by atoms with Crippen molar-refractivity contribution in [1.29, 1.82) is 5.26 Å². The Labute approximate surface area is 143 Å². The van der Waals surface area contributed by atoms with Crippen LogP contribution in [-0.4, -0.2) is 25.7 Å². The van der Waals surface area contributed by atoms with E-state index in [1.165, 1.54) is 6.08 Å². The average molecular weight is 326 g/mol.